The molecule has 3 nitrogen and oxygen atoms in total. The summed E-state index contributed by atoms with van der Waals surface area (Å²) in [7, 11) is 0. The molecule has 0 saturated carbocycles. The van der Waals surface area contributed by atoms with Crippen LogP contribution in [0.15, 0.2) is 22.3 Å². The number of nitrogens with zero attached hydrogens (tertiary/aromatic N) is 1. The van der Waals surface area contributed by atoms with Crippen molar-refractivity contribution in [2.24, 2.45) is 0 Å². The molecule has 0 amide bonds. The molecule has 9 heteroatoms. The van der Waals surface area contributed by atoms with Crippen molar-refractivity contribution in [3.63, 3.8) is 0 Å². The number of hydrogen-bond donors (Lipinski definition) is 1. The van der Waals surface area contributed by atoms with Gasteiger partial charge in [-0.1, -0.05) is 0 Å². The van der Waals surface area contributed by atoms with Crippen LogP contribution in [0.25, 0.3) is 15.9 Å². The Labute approximate surface area is 123 Å². The molecule has 0 aliphatic heterocycles. The Bertz CT molecular complexity index is 963. The molecule has 3 aromatic rings. The molecule has 0 unspecified atom stereocenters. The van der Waals surface area contributed by atoms with Crippen LogP contribution in [0.3, 0.4) is 0 Å². The standard InChI is InChI=1S/C12H4F4N2OS2/c13-5-3-6(14)8(16)9(7(5)15)18-11(19)4-1-2-21-10(4)17-12(18)20/h1-3H,(H,17,20). The molecular weight excluding hydrogens is 328 g/mol. The molecule has 1 aromatic carbocycles. The van der Waals surface area contributed by atoms with Crippen molar-refractivity contribution in [1.82, 2.24) is 9.55 Å². The van der Waals surface area contributed by atoms with Gasteiger partial charge in [0, 0.05) is 6.07 Å². The van der Waals surface area contributed by atoms with Gasteiger partial charge in [0.25, 0.3) is 5.56 Å². The van der Waals surface area contributed by atoms with Crippen LogP contribution < -0.4 is 5.56 Å². The summed E-state index contributed by atoms with van der Waals surface area (Å²) in [6.45, 7) is 0. The van der Waals surface area contributed by atoms with Crippen molar-refractivity contribution in [2.75, 3.05) is 0 Å². The Morgan fingerprint density at radius 2 is 1.76 bits per heavy atom. The molecule has 0 atom stereocenters. The summed E-state index contributed by atoms with van der Waals surface area (Å²) in [6.07, 6.45) is 0. The van der Waals surface area contributed by atoms with Crippen LogP contribution in [0.4, 0.5) is 17.6 Å². The molecule has 0 aliphatic rings. The van der Waals surface area contributed by atoms with E-state index in [1.807, 2.05) is 0 Å². The number of rotatable bonds is 1. The van der Waals surface area contributed by atoms with E-state index in [1.165, 1.54) is 6.07 Å². The number of benzene rings is 1. The van der Waals surface area contributed by atoms with Gasteiger partial charge in [0.15, 0.2) is 28.0 Å². The lowest BCUT2D eigenvalue weighted by Crippen LogP contribution is -2.23. The molecular formula is C12H4F4N2OS2. The smallest absolute Gasteiger partial charge is 0.267 e. The maximum absolute atomic E-state index is 13.8. The Morgan fingerprint density at radius 1 is 1.14 bits per heavy atom. The molecule has 0 aliphatic carbocycles. The van der Waals surface area contributed by atoms with E-state index in [0.29, 0.717) is 9.40 Å². The Balaban J connectivity index is 2.53. The van der Waals surface area contributed by atoms with Crippen molar-refractivity contribution in [3.8, 4) is 5.69 Å². The number of thiophene rings is 1. The summed E-state index contributed by atoms with van der Waals surface area (Å²) < 4.78 is 54.2. The molecule has 2 heterocycles. The second-order valence-electron chi connectivity index (χ2n) is 4.05. The van der Waals surface area contributed by atoms with E-state index in [9.17, 15) is 22.4 Å². The predicted molar refractivity (Wildman–Crippen MR) is 72.4 cm³/mol. The zero-order valence-electron chi connectivity index (χ0n) is 9.92. The highest BCUT2D eigenvalue weighted by molar-refractivity contribution is 7.71. The van der Waals surface area contributed by atoms with Gasteiger partial charge in [-0.25, -0.2) is 22.1 Å². The van der Waals surface area contributed by atoms with Crippen LogP contribution in [-0.2, 0) is 0 Å². The summed E-state index contributed by atoms with van der Waals surface area (Å²) >= 11 is 6.02. The van der Waals surface area contributed by atoms with Crippen LogP contribution in [-0.4, -0.2) is 9.55 Å². The molecule has 21 heavy (non-hydrogen) atoms. The van der Waals surface area contributed by atoms with E-state index in [-0.39, 0.29) is 16.2 Å². The lowest BCUT2D eigenvalue weighted by atomic mass is 10.2. The maximum atomic E-state index is 13.8. The van der Waals surface area contributed by atoms with Crippen molar-refractivity contribution in [3.05, 3.63) is 55.9 Å². The van der Waals surface area contributed by atoms with E-state index in [4.69, 9.17) is 12.2 Å². The molecule has 1 N–H and O–H groups in total. The molecule has 2 aromatic heterocycles. The zero-order chi connectivity index (χ0) is 15.3. The van der Waals surface area contributed by atoms with Crippen LogP contribution in [0, 0.1) is 28.0 Å². The summed E-state index contributed by atoms with van der Waals surface area (Å²) in [6, 6.07) is 1.48. The fraction of sp³-hybridized carbons (Fsp3) is 0. The van der Waals surface area contributed by atoms with Gasteiger partial charge >= 0.3 is 0 Å². The predicted octanol–water partition coefficient (Wildman–Crippen LogP) is 3.67. The molecule has 0 fully saturated rings. The van der Waals surface area contributed by atoms with Crippen LogP contribution >= 0.6 is 23.6 Å². The topological polar surface area (TPSA) is 37.8 Å². The number of aromatic amines is 1. The highest BCUT2D eigenvalue weighted by atomic mass is 32.1. The fourth-order valence-corrected chi connectivity index (χ4v) is 3.02. The molecule has 108 valence electrons. The Kier molecular flexibility index (Phi) is 3.18. The average Bonchev–Trinajstić information content (AvgIpc) is 2.88. The highest BCUT2D eigenvalue weighted by Gasteiger charge is 2.23. The second-order valence-corrected chi connectivity index (χ2v) is 5.35. The summed E-state index contributed by atoms with van der Waals surface area (Å²) in [5.74, 6) is -6.61. The SMILES string of the molecule is O=c1c2ccsc2[nH]c(=S)n1-c1c(F)c(F)cc(F)c1F. The van der Waals surface area contributed by atoms with Crippen molar-refractivity contribution in [1.29, 1.82) is 0 Å². The first-order chi connectivity index (χ1) is 9.91. The third-order valence-corrected chi connectivity index (χ3v) is 3.95. The quantitative estimate of drug-likeness (QED) is 0.419. The lowest BCUT2D eigenvalue weighted by molar-refractivity contribution is 0.446. The van der Waals surface area contributed by atoms with Gasteiger partial charge in [0.2, 0.25) is 0 Å². The van der Waals surface area contributed by atoms with Gasteiger partial charge in [-0.15, -0.1) is 11.3 Å². The van der Waals surface area contributed by atoms with Gasteiger partial charge in [-0.05, 0) is 23.7 Å². The monoisotopic (exact) mass is 332 g/mol. The Hall–Kier alpha value is -2.00. The molecule has 0 saturated heterocycles. The second kappa shape index (κ2) is 4.78. The number of nitrogens with one attached hydrogen (secondary N) is 1. The molecule has 3 rings (SSSR count). The first-order valence-corrected chi connectivity index (χ1v) is 6.76. The van der Waals surface area contributed by atoms with Crippen molar-refractivity contribution < 1.29 is 17.6 Å². The normalized spacial score (nSPS) is 11.2. The van der Waals surface area contributed by atoms with E-state index in [1.54, 1.807) is 5.38 Å². The fourth-order valence-electron chi connectivity index (χ4n) is 1.90. The molecule has 0 spiro atoms. The van der Waals surface area contributed by atoms with Gasteiger partial charge in [0.05, 0.1) is 5.39 Å². The van der Waals surface area contributed by atoms with Gasteiger partial charge < -0.3 is 4.98 Å². The first kappa shape index (κ1) is 14.0. The van der Waals surface area contributed by atoms with Crippen molar-refractivity contribution >= 4 is 33.8 Å². The number of fused-ring (bicyclic) bond motifs is 1. The number of halogens is 4. The minimum absolute atomic E-state index is 0.0646. The maximum Gasteiger partial charge on any atom is 0.267 e. The minimum atomic E-state index is -1.69. The number of hydrogen-bond acceptors (Lipinski definition) is 3. The number of H-pyrrole nitrogens is 1. The van der Waals surface area contributed by atoms with Crippen LogP contribution in [0.1, 0.15) is 0 Å². The van der Waals surface area contributed by atoms with Crippen LogP contribution in [0.2, 0.25) is 0 Å². The molecule has 0 bridgehead atoms. The van der Waals surface area contributed by atoms with Crippen LogP contribution in [0.5, 0.6) is 0 Å². The third kappa shape index (κ3) is 2.00. The third-order valence-electron chi connectivity index (χ3n) is 2.83. The van der Waals surface area contributed by atoms with E-state index < -0.39 is 34.5 Å². The Morgan fingerprint density at radius 3 is 2.38 bits per heavy atom. The summed E-state index contributed by atoms with van der Waals surface area (Å²) in [4.78, 5) is 15.2. The summed E-state index contributed by atoms with van der Waals surface area (Å²) in [5, 5.41) is 1.68. The lowest BCUT2D eigenvalue weighted by Gasteiger charge is -2.10. The minimum Gasteiger partial charge on any atom is -0.323 e. The molecule has 0 radical (unpaired) electrons. The van der Waals surface area contributed by atoms with Gasteiger partial charge in [-0.2, -0.15) is 0 Å². The van der Waals surface area contributed by atoms with E-state index >= 15 is 0 Å². The van der Waals surface area contributed by atoms with Crippen molar-refractivity contribution in [2.45, 2.75) is 0 Å². The number of aromatic nitrogens is 2. The largest absolute Gasteiger partial charge is 0.323 e. The van der Waals surface area contributed by atoms with E-state index in [2.05, 4.69) is 4.98 Å². The average molecular weight is 332 g/mol. The van der Waals surface area contributed by atoms with E-state index in [0.717, 1.165) is 11.3 Å². The first-order valence-electron chi connectivity index (χ1n) is 5.47. The van der Waals surface area contributed by atoms with Gasteiger partial charge in [-0.3, -0.25) is 4.79 Å². The van der Waals surface area contributed by atoms with Gasteiger partial charge in [0.1, 0.15) is 10.5 Å². The summed E-state index contributed by atoms with van der Waals surface area (Å²) in [5.41, 5.74) is -2.04. The zero-order valence-corrected chi connectivity index (χ0v) is 11.5. The highest BCUT2D eigenvalue weighted by Crippen LogP contribution is 2.23.